The molecule has 1 aromatic carbocycles. The highest BCUT2D eigenvalue weighted by molar-refractivity contribution is 5.79. The molecule has 0 atom stereocenters. The van der Waals surface area contributed by atoms with E-state index in [4.69, 9.17) is 9.47 Å². The minimum Gasteiger partial charge on any atom is -0.491 e. The van der Waals surface area contributed by atoms with Gasteiger partial charge in [-0.25, -0.2) is 4.98 Å². The summed E-state index contributed by atoms with van der Waals surface area (Å²) in [6.07, 6.45) is 5.52. The SMILES string of the molecule is CCOCCOc1cc(C)ccc1CNC(=NC)NCCn1ccnc1. The molecule has 1 aromatic heterocycles. The molecule has 2 aromatic rings. The number of nitrogens with one attached hydrogen (secondary N) is 2. The second-order valence-corrected chi connectivity index (χ2v) is 5.81. The Morgan fingerprint density at radius 2 is 2.15 bits per heavy atom. The molecule has 7 nitrogen and oxygen atoms in total. The number of rotatable bonds is 10. The maximum atomic E-state index is 5.88. The lowest BCUT2D eigenvalue weighted by Crippen LogP contribution is -2.38. The van der Waals surface area contributed by atoms with Crippen LogP contribution in [0.25, 0.3) is 0 Å². The van der Waals surface area contributed by atoms with E-state index in [0.717, 1.165) is 30.4 Å². The number of aromatic nitrogens is 2. The molecule has 0 saturated carbocycles. The number of hydrogen-bond donors (Lipinski definition) is 2. The second-order valence-electron chi connectivity index (χ2n) is 5.81. The van der Waals surface area contributed by atoms with E-state index in [2.05, 4.69) is 45.7 Å². The molecule has 26 heavy (non-hydrogen) atoms. The van der Waals surface area contributed by atoms with Crippen LogP contribution in [0.15, 0.2) is 41.9 Å². The fourth-order valence-corrected chi connectivity index (χ4v) is 2.42. The Morgan fingerprint density at radius 3 is 2.88 bits per heavy atom. The maximum absolute atomic E-state index is 5.88. The van der Waals surface area contributed by atoms with Gasteiger partial charge in [-0.05, 0) is 25.5 Å². The highest BCUT2D eigenvalue weighted by atomic mass is 16.5. The molecule has 142 valence electrons. The molecule has 0 aliphatic rings. The van der Waals surface area contributed by atoms with E-state index in [9.17, 15) is 0 Å². The summed E-state index contributed by atoms with van der Waals surface area (Å²) in [5.41, 5.74) is 2.26. The highest BCUT2D eigenvalue weighted by Crippen LogP contribution is 2.20. The molecular formula is C19H29N5O2. The summed E-state index contributed by atoms with van der Waals surface area (Å²) in [7, 11) is 1.77. The smallest absolute Gasteiger partial charge is 0.191 e. The van der Waals surface area contributed by atoms with E-state index in [0.29, 0.717) is 26.4 Å². The Bertz CT molecular complexity index is 671. The van der Waals surface area contributed by atoms with Crippen molar-refractivity contribution < 1.29 is 9.47 Å². The van der Waals surface area contributed by atoms with E-state index in [1.54, 1.807) is 19.6 Å². The molecule has 0 amide bonds. The van der Waals surface area contributed by atoms with Crippen molar-refractivity contribution in [2.45, 2.75) is 26.9 Å². The summed E-state index contributed by atoms with van der Waals surface area (Å²) >= 11 is 0. The number of nitrogens with zero attached hydrogens (tertiary/aromatic N) is 3. The topological polar surface area (TPSA) is 72.7 Å². The Labute approximate surface area is 155 Å². The van der Waals surface area contributed by atoms with Crippen molar-refractivity contribution in [3.8, 4) is 5.75 Å². The summed E-state index contributed by atoms with van der Waals surface area (Å²) in [6, 6.07) is 6.22. The minimum atomic E-state index is 0.544. The fraction of sp³-hybridized carbons (Fsp3) is 0.474. The molecule has 7 heteroatoms. The van der Waals surface area contributed by atoms with Crippen molar-refractivity contribution >= 4 is 5.96 Å². The van der Waals surface area contributed by atoms with E-state index < -0.39 is 0 Å². The van der Waals surface area contributed by atoms with Gasteiger partial charge >= 0.3 is 0 Å². The van der Waals surface area contributed by atoms with Gasteiger partial charge in [0.15, 0.2) is 5.96 Å². The van der Waals surface area contributed by atoms with E-state index >= 15 is 0 Å². The first-order valence-corrected chi connectivity index (χ1v) is 8.93. The third kappa shape index (κ3) is 6.76. The summed E-state index contributed by atoms with van der Waals surface area (Å²) in [5, 5.41) is 6.63. The molecule has 2 rings (SSSR count). The van der Waals surface area contributed by atoms with Crippen LogP contribution in [0.2, 0.25) is 0 Å². The van der Waals surface area contributed by atoms with Crippen molar-refractivity contribution in [2.75, 3.05) is 33.4 Å². The molecule has 0 radical (unpaired) electrons. The fourth-order valence-electron chi connectivity index (χ4n) is 2.42. The molecule has 1 heterocycles. The van der Waals surface area contributed by atoms with Crippen LogP contribution < -0.4 is 15.4 Å². The van der Waals surface area contributed by atoms with Gasteiger partial charge in [0.25, 0.3) is 0 Å². The third-order valence-corrected chi connectivity index (χ3v) is 3.80. The first kappa shape index (κ1) is 19.8. The average Bonchev–Trinajstić information content (AvgIpc) is 3.16. The molecule has 0 fully saturated rings. The van der Waals surface area contributed by atoms with Crippen molar-refractivity contribution in [2.24, 2.45) is 4.99 Å². The largest absolute Gasteiger partial charge is 0.491 e. The van der Waals surface area contributed by atoms with Crippen molar-refractivity contribution in [1.29, 1.82) is 0 Å². The predicted octanol–water partition coefficient (Wildman–Crippen LogP) is 1.97. The van der Waals surface area contributed by atoms with Crippen LogP contribution in [0.1, 0.15) is 18.1 Å². The van der Waals surface area contributed by atoms with Gasteiger partial charge < -0.3 is 24.7 Å². The highest BCUT2D eigenvalue weighted by Gasteiger charge is 2.06. The molecule has 0 unspecified atom stereocenters. The lowest BCUT2D eigenvalue weighted by Gasteiger charge is -2.15. The van der Waals surface area contributed by atoms with Gasteiger partial charge in [-0.15, -0.1) is 0 Å². The average molecular weight is 359 g/mol. The van der Waals surface area contributed by atoms with E-state index in [-0.39, 0.29) is 0 Å². The number of ether oxygens (including phenoxy) is 2. The zero-order valence-electron chi connectivity index (χ0n) is 15.9. The Hall–Kier alpha value is -2.54. The van der Waals surface area contributed by atoms with Crippen LogP contribution in [0.3, 0.4) is 0 Å². The van der Waals surface area contributed by atoms with E-state index in [1.165, 1.54) is 5.56 Å². The Kier molecular flexibility index (Phi) is 8.48. The minimum absolute atomic E-state index is 0.544. The third-order valence-electron chi connectivity index (χ3n) is 3.80. The molecule has 0 bridgehead atoms. The lowest BCUT2D eigenvalue weighted by atomic mass is 10.1. The number of guanidine groups is 1. The van der Waals surface area contributed by atoms with Crippen LogP contribution in [-0.4, -0.2) is 48.9 Å². The van der Waals surface area contributed by atoms with Gasteiger partial charge in [0, 0.05) is 51.2 Å². The number of benzene rings is 1. The van der Waals surface area contributed by atoms with Crippen molar-refractivity contribution in [1.82, 2.24) is 20.2 Å². The van der Waals surface area contributed by atoms with Crippen molar-refractivity contribution in [3.63, 3.8) is 0 Å². The van der Waals surface area contributed by atoms with Gasteiger partial charge in [-0.1, -0.05) is 12.1 Å². The quantitative estimate of drug-likeness (QED) is 0.385. The first-order valence-electron chi connectivity index (χ1n) is 8.93. The van der Waals surface area contributed by atoms with Gasteiger partial charge in [0.1, 0.15) is 12.4 Å². The number of aryl methyl sites for hydroxylation is 1. The van der Waals surface area contributed by atoms with Gasteiger partial charge in [0.05, 0.1) is 12.9 Å². The zero-order valence-corrected chi connectivity index (χ0v) is 15.9. The molecular weight excluding hydrogens is 330 g/mol. The lowest BCUT2D eigenvalue weighted by molar-refractivity contribution is 0.110. The molecule has 2 N–H and O–H groups in total. The molecule has 0 aliphatic heterocycles. The molecule has 0 spiro atoms. The number of hydrogen-bond acceptors (Lipinski definition) is 4. The zero-order chi connectivity index (χ0) is 18.6. The molecule has 0 saturated heterocycles. The van der Waals surface area contributed by atoms with Gasteiger partial charge in [-0.2, -0.15) is 0 Å². The second kappa shape index (κ2) is 11.1. The Morgan fingerprint density at radius 1 is 1.27 bits per heavy atom. The summed E-state index contributed by atoms with van der Waals surface area (Å²) in [4.78, 5) is 8.30. The normalized spacial score (nSPS) is 11.4. The molecule has 0 aliphatic carbocycles. The maximum Gasteiger partial charge on any atom is 0.191 e. The van der Waals surface area contributed by atoms with Crippen LogP contribution >= 0.6 is 0 Å². The van der Waals surface area contributed by atoms with Crippen LogP contribution in [0, 0.1) is 6.92 Å². The van der Waals surface area contributed by atoms with Crippen LogP contribution in [-0.2, 0) is 17.8 Å². The van der Waals surface area contributed by atoms with Gasteiger partial charge in [0.2, 0.25) is 0 Å². The van der Waals surface area contributed by atoms with Crippen LogP contribution in [0.4, 0.5) is 0 Å². The standard InChI is InChI=1S/C19H29N5O2/c1-4-25-11-12-26-18-13-16(2)5-6-17(18)14-23-19(20-3)22-8-10-24-9-7-21-15-24/h5-7,9,13,15H,4,8,10-12,14H2,1-3H3,(H2,20,22,23). The first-order chi connectivity index (χ1) is 12.7. The van der Waals surface area contributed by atoms with Crippen LogP contribution in [0.5, 0.6) is 5.75 Å². The summed E-state index contributed by atoms with van der Waals surface area (Å²) in [5.74, 6) is 1.64. The number of imidazole rings is 1. The predicted molar refractivity (Wildman–Crippen MR) is 104 cm³/mol. The Balaban J connectivity index is 1.83. The van der Waals surface area contributed by atoms with Gasteiger partial charge in [-0.3, -0.25) is 4.99 Å². The summed E-state index contributed by atoms with van der Waals surface area (Å²) in [6.45, 7) is 8.11. The summed E-state index contributed by atoms with van der Waals surface area (Å²) < 4.78 is 13.2. The monoisotopic (exact) mass is 359 g/mol. The van der Waals surface area contributed by atoms with E-state index in [1.807, 2.05) is 17.7 Å². The number of aliphatic imine (C=N–C) groups is 1. The van der Waals surface area contributed by atoms with Crippen molar-refractivity contribution in [3.05, 3.63) is 48.0 Å².